The van der Waals surface area contributed by atoms with E-state index in [-0.39, 0.29) is 17.6 Å². The number of hydrogen-bond donors (Lipinski definition) is 1. The molecule has 0 spiro atoms. The average molecular weight is 246 g/mol. The van der Waals surface area contributed by atoms with Crippen LogP contribution in [-0.2, 0) is 9.22 Å². The lowest BCUT2D eigenvalue weighted by molar-refractivity contribution is -0.137. The maximum Gasteiger partial charge on any atom is 0.303 e. The van der Waals surface area contributed by atoms with E-state index < -0.39 is 14.3 Å². The van der Waals surface area contributed by atoms with Crippen LogP contribution in [0.25, 0.3) is 0 Å². The minimum Gasteiger partial charge on any atom is -0.481 e. The van der Waals surface area contributed by atoms with Gasteiger partial charge in [0, 0.05) is 12.5 Å². The van der Waals surface area contributed by atoms with Gasteiger partial charge < -0.3 is 9.53 Å². The van der Waals surface area contributed by atoms with Crippen molar-refractivity contribution in [3.63, 3.8) is 0 Å². The van der Waals surface area contributed by atoms with E-state index in [1.165, 1.54) is 0 Å². The molecule has 0 heterocycles. The van der Waals surface area contributed by atoms with Crippen molar-refractivity contribution in [2.24, 2.45) is 0 Å². The molecule has 3 nitrogen and oxygen atoms in total. The highest BCUT2D eigenvalue weighted by molar-refractivity contribution is 6.74. The Morgan fingerprint density at radius 1 is 1.38 bits per heavy atom. The van der Waals surface area contributed by atoms with Crippen molar-refractivity contribution >= 4 is 14.3 Å². The van der Waals surface area contributed by atoms with Crippen molar-refractivity contribution in [1.29, 1.82) is 0 Å². The van der Waals surface area contributed by atoms with Gasteiger partial charge in [0.1, 0.15) is 0 Å². The van der Waals surface area contributed by atoms with Crippen molar-refractivity contribution in [3.05, 3.63) is 0 Å². The zero-order chi connectivity index (χ0) is 13.0. The quantitative estimate of drug-likeness (QED) is 0.728. The fourth-order valence-corrected chi connectivity index (χ4v) is 2.76. The van der Waals surface area contributed by atoms with Gasteiger partial charge in [0.05, 0.1) is 0 Å². The molecule has 0 aromatic carbocycles. The molecule has 0 saturated heterocycles. The standard InChI is InChI=1S/C12H26O3Si/c1-10(8-7-9-11(13)14)15-16(5,6)12(2,3)4/h10H,7-9H2,1-6H3,(H,13,14). The molecule has 0 aromatic rings. The minimum atomic E-state index is -1.69. The highest BCUT2D eigenvalue weighted by Crippen LogP contribution is 2.37. The largest absolute Gasteiger partial charge is 0.481 e. The van der Waals surface area contributed by atoms with E-state index in [0.717, 1.165) is 6.42 Å². The Labute approximate surface area is 100 Å². The molecular weight excluding hydrogens is 220 g/mol. The molecule has 0 aliphatic heterocycles. The van der Waals surface area contributed by atoms with E-state index in [2.05, 4.69) is 33.9 Å². The molecule has 0 radical (unpaired) electrons. The van der Waals surface area contributed by atoms with Crippen LogP contribution >= 0.6 is 0 Å². The van der Waals surface area contributed by atoms with Crippen LogP contribution in [-0.4, -0.2) is 25.5 Å². The zero-order valence-electron chi connectivity index (χ0n) is 11.5. The van der Waals surface area contributed by atoms with E-state index >= 15 is 0 Å². The Kier molecular flexibility index (Phi) is 5.69. The highest BCUT2D eigenvalue weighted by atomic mass is 28.4. The Morgan fingerprint density at radius 3 is 2.25 bits per heavy atom. The summed E-state index contributed by atoms with van der Waals surface area (Å²) in [6, 6.07) is 0. The number of hydrogen-bond acceptors (Lipinski definition) is 2. The lowest BCUT2D eigenvalue weighted by Gasteiger charge is -2.38. The summed E-state index contributed by atoms with van der Waals surface area (Å²) in [6.07, 6.45) is 1.94. The van der Waals surface area contributed by atoms with Gasteiger partial charge in [0.15, 0.2) is 8.32 Å². The summed E-state index contributed by atoms with van der Waals surface area (Å²) >= 11 is 0. The van der Waals surface area contributed by atoms with Crippen LogP contribution in [0.1, 0.15) is 47.0 Å². The molecule has 96 valence electrons. The smallest absolute Gasteiger partial charge is 0.303 e. The lowest BCUT2D eigenvalue weighted by Crippen LogP contribution is -2.43. The Bertz CT molecular complexity index is 231. The predicted molar refractivity (Wildman–Crippen MR) is 69.2 cm³/mol. The second kappa shape index (κ2) is 5.82. The summed E-state index contributed by atoms with van der Waals surface area (Å²) in [5, 5.41) is 8.77. The van der Waals surface area contributed by atoms with E-state index in [4.69, 9.17) is 9.53 Å². The normalized spacial score (nSPS) is 14.9. The summed E-state index contributed by atoms with van der Waals surface area (Å²) in [6.45, 7) is 13.1. The zero-order valence-corrected chi connectivity index (χ0v) is 12.5. The van der Waals surface area contributed by atoms with Crippen LogP contribution in [0.2, 0.25) is 18.1 Å². The maximum atomic E-state index is 10.4. The van der Waals surface area contributed by atoms with Gasteiger partial charge in [0.2, 0.25) is 0 Å². The topological polar surface area (TPSA) is 46.5 Å². The van der Waals surface area contributed by atoms with Gasteiger partial charge in [0.25, 0.3) is 0 Å². The van der Waals surface area contributed by atoms with Gasteiger partial charge in [-0.2, -0.15) is 0 Å². The third-order valence-electron chi connectivity index (χ3n) is 3.30. The number of rotatable bonds is 6. The first kappa shape index (κ1) is 15.6. The van der Waals surface area contributed by atoms with Crippen molar-refractivity contribution in [3.8, 4) is 0 Å². The molecule has 0 aromatic heterocycles. The summed E-state index contributed by atoms with van der Waals surface area (Å²) in [5.74, 6) is -0.723. The number of carboxylic acids is 1. The number of carbonyl (C=O) groups is 1. The molecule has 1 N–H and O–H groups in total. The third kappa shape index (κ3) is 5.65. The fraction of sp³-hybridized carbons (Fsp3) is 0.917. The molecular formula is C12H26O3Si. The monoisotopic (exact) mass is 246 g/mol. The summed E-state index contributed by atoms with van der Waals surface area (Å²) in [5.41, 5.74) is 0. The Hall–Kier alpha value is -0.353. The number of aliphatic carboxylic acids is 1. The Balaban J connectivity index is 4.04. The van der Waals surface area contributed by atoms with Crippen LogP contribution in [0.15, 0.2) is 0 Å². The second-order valence-electron chi connectivity index (χ2n) is 5.97. The van der Waals surface area contributed by atoms with Gasteiger partial charge >= 0.3 is 5.97 Å². The van der Waals surface area contributed by atoms with Gasteiger partial charge in [-0.25, -0.2) is 0 Å². The second-order valence-corrected chi connectivity index (χ2v) is 10.7. The van der Waals surface area contributed by atoms with E-state index in [1.54, 1.807) is 0 Å². The molecule has 0 amide bonds. The van der Waals surface area contributed by atoms with Crippen molar-refractivity contribution in [2.45, 2.75) is 71.2 Å². The van der Waals surface area contributed by atoms with Gasteiger partial charge in [-0.15, -0.1) is 0 Å². The molecule has 4 heteroatoms. The van der Waals surface area contributed by atoms with Crippen LogP contribution in [0.5, 0.6) is 0 Å². The average Bonchev–Trinajstić information content (AvgIpc) is 1.99. The van der Waals surface area contributed by atoms with Gasteiger partial charge in [-0.1, -0.05) is 20.8 Å². The lowest BCUT2D eigenvalue weighted by atomic mass is 10.2. The SMILES string of the molecule is CC(CCCC(=O)O)O[Si](C)(C)C(C)(C)C. The van der Waals surface area contributed by atoms with Crippen LogP contribution in [0, 0.1) is 0 Å². The van der Waals surface area contributed by atoms with Crippen LogP contribution in [0.3, 0.4) is 0 Å². The molecule has 0 saturated carbocycles. The first-order chi connectivity index (χ1) is 7.06. The summed E-state index contributed by atoms with van der Waals surface area (Å²) in [7, 11) is -1.69. The van der Waals surface area contributed by atoms with Crippen LogP contribution in [0.4, 0.5) is 0 Å². The van der Waals surface area contributed by atoms with E-state index in [1.807, 2.05) is 6.92 Å². The fourth-order valence-electron chi connectivity index (χ4n) is 1.28. The van der Waals surface area contributed by atoms with Crippen molar-refractivity contribution in [1.82, 2.24) is 0 Å². The van der Waals surface area contributed by atoms with Crippen molar-refractivity contribution < 1.29 is 14.3 Å². The molecule has 1 atom stereocenters. The summed E-state index contributed by atoms with van der Waals surface area (Å²) in [4.78, 5) is 10.4. The third-order valence-corrected chi connectivity index (χ3v) is 7.91. The van der Waals surface area contributed by atoms with E-state index in [9.17, 15) is 4.79 Å². The molecule has 0 bridgehead atoms. The molecule has 0 aliphatic rings. The van der Waals surface area contributed by atoms with Gasteiger partial charge in [-0.3, -0.25) is 4.79 Å². The summed E-state index contributed by atoms with van der Waals surface area (Å²) < 4.78 is 6.13. The highest BCUT2D eigenvalue weighted by Gasteiger charge is 2.38. The molecule has 0 rings (SSSR count). The number of carboxylic acid groups (broad SMARTS) is 1. The predicted octanol–water partition coefficient (Wildman–Crippen LogP) is 3.65. The molecule has 1 unspecified atom stereocenters. The molecule has 0 aliphatic carbocycles. The maximum absolute atomic E-state index is 10.4. The van der Waals surface area contributed by atoms with Crippen molar-refractivity contribution in [2.75, 3.05) is 0 Å². The van der Waals surface area contributed by atoms with Crippen LogP contribution < -0.4 is 0 Å². The first-order valence-electron chi connectivity index (χ1n) is 5.96. The molecule has 16 heavy (non-hydrogen) atoms. The van der Waals surface area contributed by atoms with E-state index in [0.29, 0.717) is 6.42 Å². The van der Waals surface area contributed by atoms with Gasteiger partial charge in [-0.05, 0) is 37.9 Å². The molecule has 0 fully saturated rings. The minimum absolute atomic E-state index is 0.167. The Morgan fingerprint density at radius 2 is 1.88 bits per heavy atom. The first-order valence-corrected chi connectivity index (χ1v) is 8.86.